The maximum Gasteiger partial charge on any atom is 0.335 e. The first-order valence-electron chi connectivity index (χ1n) is 6.61. The summed E-state index contributed by atoms with van der Waals surface area (Å²) in [7, 11) is 0. The van der Waals surface area contributed by atoms with Gasteiger partial charge < -0.3 is 10.4 Å². The molecule has 0 bridgehead atoms. The second-order valence-corrected chi connectivity index (χ2v) is 5.13. The Labute approximate surface area is 119 Å². The van der Waals surface area contributed by atoms with Gasteiger partial charge in [0.15, 0.2) is 0 Å². The van der Waals surface area contributed by atoms with E-state index in [0.29, 0.717) is 12.1 Å². The van der Waals surface area contributed by atoms with Gasteiger partial charge in [-0.2, -0.15) is 0 Å². The van der Waals surface area contributed by atoms with E-state index in [1.165, 1.54) is 16.7 Å². The third kappa shape index (κ3) is 3.18. The van der Waals surface area contributed by atoms with E-state index < -0.39 is 5.97 Å². The number of hydrogen-bond acceptors (Lipinski definition) is 2. The number of hydrogen-bond donors (Lipinski definition) is 2. The maximum atomic E-state index is 10.8. The fourth-order valence-electron chi connectivity index (χ4n) is 2.41. The highest BCUT2D eigenvalue weighted by atomic mass is 16.4. The van der Waals surface area contributed by atoms with E-state index in [-0.39, 0.29) is 0 Å². The lowest BCUT2D eigenvalue weighted by atomic mass is 10.0. The summed E-state index contributed by atoms with van der Waals surface area (Å²) in [5.74, 6) is -0.894. The summed E-state index contributed by atoms with van der Waals surface area (Å²) < 4.78 is 0. The molecular weight excluding hydrogens is 250 g/mol. The van der Waals surface area contributed by atoms with Gasteiger partial charge in [-0.3, -0.25) is 0 Å². The van der Waals surface area contributed by atoms with E-state index in [1.807, 2.05) is 12.1 Å². The quantitative estimate of drug-likeness (QED) is 0.884. The number of carbonyl (C=O) groups is 1. The number of carboxylic acid groups (broad SMARTS) is 1. The number of benzene rings is 2. The molecule has 3 nitrogen and oxygen atoms in total. The zero-order valence-electron chi connectivity index (χ0n) is 12.0. The molecular formula is C17H19NO2. The van der Waals surface area contributed by atoms with Gasteiger partial charge in [-0.1, -0.05) is 29.8 Å². The molecule has 0 fully saturated rings. The van der Waals surface area contributed by atoms with Crippen molar-refractivity contribution in [1.82, 2.24) is 0 Å². The van der Waals surface area contributed by atoms with E-state index in [9.17, 15) is 4.79 Å². The molecule has 2 aromatic rings. The number of aryl methyl sites for hydroxylation is 3. The van der Waals surface area contributed by atoms with Gasteiger partial charge >= 0.3 is 5.97 Å². The molecule has 0 radical (unpaired) electrons. The van der Waals surface area contributed by atoms with Gasteiger partial charge in [0.1, 0.15) is 0 Å². The Morgan fingerprint density at radius 1 is 1.05 bits per heavy atom. The largest absolute Gasteiger partial charge is 0.478 e. The topological polar surface area (TPSA) is 49.3 Å². The molecule has 2 rings (SSSR count). The lowest BCUT2D eigenvalue weighted by molar-refractivity contribution is 0.0697. The predicted octanol–water partition coefficient (Wildman–Crippen LogP) is 3.92. The van der Waals surface area contributed by atoms with Crippen molar-refractivity contribution in [1.29, 1.82) is 0 Å². The standard InChI is InChI=1S/C17H19NO2/c1-11-8-12(2)16(13(3)9-11)18-10-14-4-6-15(7-5-14)17(19)20/h4-9,18H,10H2,1-3H3,(H,19,20). The summed E-state index contributed by atoms with van der Waals surface area (Å²) in [4.78, 5) is 10.8. The number of anilines is 1. The molecule has 0 aliphatic heterocycles. The maximum absolute atomic E-state index is 10.8. The highest BCUT2D eigenvalue weighted by Gasteiger charge is 2.05. The average Bonchev–Trinajstić information content (AvgIpc) is 2.38. The van der Waals surface area contributed by atoms with Gasteiger partial charge in [-0.25, -0.2) is 4.79 Å². The van der Waals surface area contributed by atoms with Crippen LogP contribution in [0.1, 0.15) is 32.6 Å². The van der Waals surface area contributed by atoms with Gasteiger partial charge in [0.05, 0.1) is 5.56 Å². The molecule has 0 heterocycles. The third-order valence-electron chi connectivity index (χ3n) is 3.35. The van der Waals surface area contributed by atoms with Crippen LogP contribution in [0.2, 0.25) is 0 Å². The van der Waals surface area contributed by atoms with E-state index >= 15 is 0 Å². The van der Waals surface area contributed by atoms with E-state index in [1.54, 1.807) is 12.1 Å². The summed E-state index contributed by atoms with van der Waals surface area (Å²) in [6.07, 6.45) is 0. The van der Waals surface area contributed by atoms with Crippen LogP contribution < -0.4 is 5.32 Å². The van der Waals surface area contributed by atoms with Crippen LogP contribution in [-0.4, -0.2) is 11.1 Å². The Morgan fingerprint density at radius 3 is 2.10 bits per heavy atom. The minimum absolute atomic E-state index is 0.316. The van der Waals surface area contributed by atoms with Crippen LogP contribution >= 0.6 is 0 Å². The first-order valence-corrected chi connectivity index (χ1v) is 6.61. The molecule has 0 aliphatic rings. The molecule has 104 valence electrons. The van der Waals surface area contributed by atoms with Crippen molar-refractivity contribution in [2.45, 2.75) is 27.3 Å². The van der Waals surface area contributed by atoms with Crippen molar-refractivity contribution in [2.24, 2.45) is 0 Å². The first-order chi connectivity index (χ1) is 9.47. The summed E-state index contributed by atoms with van der Waals surface area (Å²) in [6.45, 7) is 6.96. The minimum Gasteiger partial charge on any atom is -0.478 e. The summed E-state index contributed by atoms with van der Waals surface area (Å²) in [5, 5.41) is 12.3. The van der Waals surface area contributed by atoms with E-state index in [4.69, 9.17) is 5.11 Å². The summed E-state index contributed by atoms with van der Waals surface area (Å²) in [6, 6.07) is 11.3. The Bertz CT molecular complexity index is 607. The predicted molar refractivity (Wildman–Crippen MR) is 81.4 cm³/mol. The lowest BCUT2D eigenvalue weighted by Crippen LogP contribution is -2.04. The van der Waals surface area contributed by atoms with Crippen LogP contribution in [0.3, 0.4) is 0 Å². The van der Waals surface area contributed by atoms with Gasteiger partial charge in [0.2, 0.25) is 0 Å². The van der Waals surface area contributed by atoms with Gasteiger partial charge in [-0.05, 0) is 49.6 Å². The third-order valence-corrected chi connectivity index (χ3v) is 3.35. The Hall–Kier alpha value is -2.29. The van der Waals surface area contributed by atoms with Crippen LogP contribution in [0.15, 0.2) is 36.4 Å². The van der Waals surface area contributed by atoms with Gasteiger partial charge in [-0.15, -0.1) is 0 Å². The minimum atomic E-state index is -0.894. The first kappa shape index (κ1) is 14.1. The van der Waals surface area contributed by atoms with Gasteiger partial charge in [0, 0.05) is 12.2 Å². The molecule has 3 heteroatoms. The van der Waals surface area contributed by atoms with Crippen LogP contribution in [0, 0.1) is 20.8 Å². The van der Waals surface area contributed by atoms with Crippen molar-refractivity contribution in [3.8, 4) is 0 Å². The molecule has 0 atom stereocenters. The normalized spacial score (nSPS) is 10.3. The van der Waals surface area contributed by atoms with Crippen LogP contribution in [0.5, 0.6) is 0 Å². The molecule has 20 heavy (non-hydrogen) atoms. The second-order valence-electron chi connectivity index (χ2n) is 5.13. The fraction of sp³-hybridized carbons (Fsp3) is 0.235. The zero-order chi connectivity index (χ0) is 14.7. The molecule has 0 saturated heterocycles. The van der Waals surface area contributed by atoms with Crippen LogP contribution in [-0.2, 0) is 6.54 Å². The highest BCUT2D eigenvalue weighted by molar-refractivity contribution is 5.87. The number of aromatic carboxylic acids is 1. The smallest absolute Gasteiger partial charge is 0.335 e. The Morgan fingerprint density at radius 2 is 1.60 bits per heavy atom. The zero-order valence-corrected chi connectivity index (χ0v) is 12.0. The van der Waals surface area contributed by atoms with E-state index in [2.05, 4.69) is 38.2 Å². The Kier molecular flexibility index (Phi) is 4.08. The molecule has 2 aromatic carbocycles. The van der Waals surface area contributed by atoms with Gasteiger partial charge in [0.25, 0.3) is 0 Å². The summed E-state index contributed by atoms with van der Waals surface area (Å²) >= 11 is 0. The molecule has 2 N–H and O–H groups in total. The molecule has 0 amide bonds. The fourth-order valence-corrected chi connectivity index (χ4v) is 2.41. The van der Waals surface area contributed by atoms with Crippen molar-refractivity contribution in [2.75, 3.05) is 5.32 Å². The average molecular weight is 269 g/mol. The molecule has 0 unspecified atom stereocenters. The highest BCUT2D eigenvalue weighted by Crippen LogP contribution is 2.22. The van der Waals surface area contributed by atoms with Crippen molar-refractivity contribution in [3.63, 3.8) is 0 Å². The molecule has 0 spiro atoms. The van der Waals surface area contributed by atoms with Crippen LogP contribution in [0.4, 0.5) is 5.69 Å². The molecule has 0 aliphatic carbocycles. The number of nitrogens with one attached hydrogen (secondary N) is 1. The SMILES string of the molecule is Cc1cc(C)c(NCc2ccc(C(=O)O)cc2)c(C)c1. The summed E-state index contributed by atoms with van der Waals surface area (Å²) in [5.41, 5.74) is 6.24. The lowest BCUT2D eigenvalue weighted by Gasteiger charge is -2.14. The van der Waals surface area contributed by atoms with E-state index in [0.717, 1.165) is 11.3 Å². The van der Waals surface area contributed by atoms with Crippen molar-refractivity contribution < 1.29 is 9.90 Å². The van der Waals surface area contributed by atoms with Crippen molar-refractivity contribution >= 4 is 11.7 Å². The van der Waals surface area contributed by atoms with Crippen LogP contribution in [0.25, 0.3) is 0 Å². The van der Waals surface area contributed by atoms with Crippen molar-refractivity contribution in [3.05, 3.63) is 64.2 Å². The Balaban J connectivity index is 2.11. The number of carboxylic acids is 1. The monoisotopic (exact) mass is 269 g/mol. The molecule has 0 aromatic heterocycles. The second kappa shape index (κ2) is 5.78. The number of rotatable bonds is 4. The molecule has 0 saturated carbocycles.